The molecule has 0 bridgehead atoms. The van der Waals surface area contributed by atoms with Crippen LogP contribution in [-0.2, 0) is 17.3 Å². The van der Waals surface area contributed by atoms with E-state index in [9.17, 15) is 5.11 Å². The summed E-state index contributed by atoms with van der Waals surface area (Å²) in [6.07, 6.45) is 1.85. The molecule has 0 fully saturated rings. The smallest absolute Gasteiger partial charge is 0.123 e. The number of aryl methyl sites for hydroxylation is 1. The number of hydrogen-bond donors (Lipinski definition) is 1. The first-order chi connectivity index (χ1) is 8.07. The summed E-state index contributed by atoms with van der Waals surface area (Å²) in [6.45, 7) is 16.8. The number of phenols is 1. The largest absolute Gasteiger partial charge is 0.507 e. The van der Waals surface area contributed by atoms with Gasteiger partial charge in [0.15, 0.2) is 0 Å². The van der Waals surface area contributed by atoms with Gasteiger partial charge in [0.25, 0.3) is 0 Å². The monoisotopic (exact) mass is 247 g/mol. The molecule has 101 valence electrons. The Labute approximate surface area is 112 Å². The average molecular weight is 247 g/mol. The van der Waals surface area contributed by atoms with E-state index in [-0.39, 0.29) is 10.8 Å². The van der Waals surface area contributed by atoms with Gasteiger partial charge in [-0.05, 0) is 40.4 Å². The Bertz CT molecular complexity index is 381. The lowest BCUT2D eigenvalue weighted by atomic mass is 9.78. The van der Waals surface area contributed by atoms with E-state index in [0.717, 1.165) is 24.0 Å². The number of benzene rings is 1. The first-order valence-electron chi connectivity index (χ1n) is 6.73. The van der Waals surface area contributed by atoms with Crippen LogP contribution in [0.2, 0.25) is 0 Å². The van der Waals surface area contributed by atoms with E-state index in [0.29, 0.717) is 5.75 Å². The Morgan fingerprint density at radius 2 is 1.33 bits per heavy atom. The van der Waals surface area contributed by atoms with E-state index in [1.807, 2.05) is 0 Å². The summed E-state index contributed by atoms with van der Waals surface area (Å²) in [5.41, 5.74) is 3.28. The summed E-state index contributed by atoms with van der Waals surface area (Å²) < 4.78 is 0. The van der Waals surface area contributed by atoms with Gasteiger partial charge in [0.05, 0.1) is 0 Å². The average Bonchev–Trinajstić information content (AvgIpc) is 2.17. The zero-order valence-electron chi connectivity index (χ0n) is 12.7. The maximum Gasteiger partial charge on any atom is 0.123 e. The van der Waals surface area contributed by atoms with Crippen LogP contribution in [0.1, 0.15) is 64.7 Å². The molecule has 0 aliphatic carbocycles. The molecule has 0 aliphatic rings. The molecule has 18 heavy (non-hydrogen) atoms. The molecule has 0 atom stereocenters. The van der Waals surface area contributed by atoms with Gasteiger partial charge in [0.1, 0.15) is 5.75 Å². The second-order valence-corrected chi connectivity index (χ2v) is 7.14. The van der Waals surface area contributed by atoms with Gasteiger partial charge in [0, 0.05) is 0 Å². The lowest BCUT2D eigenvalue weighted by molar-refractivity contribution is 0.422. The van der Waals surface area contributed by atoms with E-state index in [1.165, 1.54) is 5.56 Å². The zero-order chi connectivity index (χ0) is 14.1. The molecule has 0 heterocycles. The van der Waals surface area contributed by atoms with E-state index >= 15 is 0 Å². The van der Waals surface area contributed by atoms with Crippen LogP contribution >= 0.6 is 0 Å². The van der Waals surface area contributed by atoms with Crippen molar-refractivity contribution < 1.29 is 5.11 Å². The van der Waals surface area contributed by atoms with Crippen LogP contribution in [0.5, 0.6) is 5.75 Å². The van der Waals surface area contributed by atoms with Gasteiger partial charge in [-0.2, -0.15) is 0 Å². The molecule has 1 aromatic carbocycles. The third kappa shape index (κ3) is 3.28. The van der Waals surface area contributed by atoms with Crippen molar-refractivity contribution in [2.24, 2.45) is 0 Å². The summed E-state index contributed by atoms with van der Waals surface area (Å²) in [7, 11) is 0. The Morgan fingerprint density at radius 3 is 1.61 bits per heavy atom. The fraction of sp³-hybridized carbons (Fsp3) is 0.588. The van der Waals surface area contributed by atoms with Gasteiger partial charge in [-0.25, -0.2) is 0 Å². The third-order valence-electron chi connectivity index (χ3n) is 3.25. The molecule has 1 radical (unpaired) electrons. The van der Waals surface area contributed by atoms with Crippen LogP contribution in [0, 0.1) is 6.92 Å². The molecule has 1 nitrogen and oxygen atoms in total. The van der Waals surface area contributed by atoms with Gasteiger partial charge in [-0.15, -0.1) is 0 Å². The normalized spacial score (nSPS) is 12.8. The topological polar surface area (TPSA) is 20.2 Å². The van der Waals surface area contributed by atoms with Crippen LogP contribution in [0.4, 0.5) is 0 Å². The molecule has 0 aromatic heterocycles. The fourth-order valence-corrected chi connectivity index (χ4v) is 2.19. The Kier molecular flexibility index (Phi) is 4.15. The lowest BCUT2D eigenvalue weighted by Gasteiger charge is -2.28. The standard InChI is InChI=1S/C17H27O/c1-8-9-12-10-13(16(2,3)4)15(18)14(11-12)17(5,6)7/h10-11,18H,1,8-9H2,2-7H3. The van der Waals surface area contributed by atoms with Crippen LogP contribution < -0.4 is 0 Å². The molecular formula is C17H27O. The van der Waals surface area contributed by atoms with Crippen molar-refractivity contribution in [1.82, 2.24) is 0 Å². The van der Waals surface area contributed by atoms with Gasteiger partial charge < -0.3 is 5.11 Å². The molecule has 0 aliphatic heterocycles. The third-order valence-corrected chi connectivity index (χ3v) is 3.25. The van der Waals surface area contributed by atoms with Crippen molar-refractivity contribution in [3.05, 3.63) is 35.7 Å². The van der Waals surface area contributed by atoms with Gasteiger partial charge in [-0.1, -0.05) is 60.6 Å². The zero-order valence-corrected chi connectivity index (χ0v) is 12.7. The van der Waals surface area contributed by atoms with Gasteiger partial charge >= 0.3 is 0 Å². The van der Waals surface area contributed by atoms with Crippen molar-refractivity contribution in [1.29, 1.82) is 0 Å². The molecule has 1 N–H and O–H groups in total. The summed E-state index contributed by atoms with van der Waals surface area (Å²) in [6, 6.07) is 4.27. The molecule has 0 spiro atoms. The predicted octanol–water partition coefficient (Wildman–Crippen LogP) is 4.75. The van der Waals surface area contributed by atoms with E-state index in [2.05, 4.69) is 60.6 Å². The number of phenolic OH excluding ortho intramolecular Hbond substituents is 1. The highest BCUT2D eigenvalue weighted by molar-refractivity contribution is 5.49. The number of aromatic hydroxyl groups is 1. The maximum absolute atomic E-state index is 10.5. The van der Waals surface area contributed by atoms with E-state index < -0.39 is 0 Å². The summed E-state index contributed by atoms with van der Waals surface area (Å²) in [5.74, 6) is 0.461. The SMILES string of the molecule is [CH2]CCc1cc(C(C)(C)C)c(O)c(C(C)(C)C)c1. The minimum absolute atomic E-state index is 0.0404. The van der Waals surface area contributed by atoms with Crippen LogP contribution in [0.15, 0.2) is 12.1 Å². The predicted molar refractivity (Wildman–Crippen MR) is 79.2 cm³/mol. The van der Waals surface area contributed by atoms with Gasteiger partial charge in [0.2, 0.25) is 0 Å². The highest BCUT2D eigenvalue weighted by Gasteiger charge is 2.26. The highest BCUT2D eigenvalue weighted by Crippen LogP contribution is 2.39. The molecular weight excluding hydrogens is 220 g/mol. The number of rotatable bonds is 2. The van der Waals surface area contributed by atoms with Crippen LogP contribution in [0.25, 0.3) is 0 Å². The first kappa shape index (κ1) is 15.1. The van der Waals surface area contributed by atoms with Crippen molar-refractivity contribution in [3.8, 4) is 5.75 Å². The summed E-state index contributed by atoms with van der Waals surface area (Å²) in [5, 5.41) is 10.5. The number of hydrogen-bond acceptors (Lipinski definition) is 1. The second kappa shape index (κ2) is 4.95. The lowest BCUT2D eigenvalue weighted by Crippen LogP contribution is -2.17. The van der Waals surface area contributed by atoms with Crippen molar-refractivity contribution in [2.75, 3.05) is 0 Å². The molecule has 1 aromatic rings. The maximum atomic E-state index is 10.5. The van der Waals surface area contributed by atoms with Crippen LogP contribution in [0.3, 0.4) is 0 Å². The second-order valence-electron chi connectivity index (χ2n) is 7.14. The van der Waals surface area contributed by atoms with Gasteiger partial charge in [-0.3, -0.25) is 0 Å². The minimum atomic E-state index is -0.0404. The molecule has 0 saturated heterocycles. The molecule has 0 unspecified atom stereocenters. The molecule has 1 rings (SSSR count). The molecule has 0 amide bonds. The molecule has 1 heteroatoms. The quantitative estimate of drug-likeness (QED) is 0.799. The Balaban J connectivity index is 3.48. The fourth-order valence-electron chi connectivity index (χ4n) is 2.19. The Morgan fingerprint density at radius 1 is 0.944 bits per heavy atom. The Hall–Kier alpha value is -0.980. The van der Waals surface area contributed by atoms with E-state index in [4.69, 9.17) is 0 Å². The summed E-state index contributed by atoms with van der Waals surface area (Å²) in [4.78, 5) is 0. The minimum Gasteiger partial charge on any atom is -0.507 e. The highest BCUT2D eigenvalue weighted by atomic mass is 16.3. The van der Waals surface area contributed by atoms with Crippen molar-refractivity contribution in [3.63, 3.8) is 0 Å². The van der Waals surface area contributed by atoms with Crippen molar-refractivity contribution in [2.45, 2.75) is 65.2 Å². The first-order valence-corrected chi connectivity index (χ1v) is 6.73. The van der Waals surface area contributed by atoms with Crippen LogP contribution in [-0.4, -0.2) is 5.11 Å². The molecule has 0 saturated carbocycles. The van der Waals surface area contributed by atoms with Crippen molar-refractivity contribution >= 4 is 0 Å². The van der Waals surface area contributed by atoms with E-state index in [1.54, 1.807) is 0 Å². The summed E-state index contributed by atoms with van der Waals surface area (Å²) >= 11 is 0.